The second kappa shape index (κ2) is 11.4. The van der Waals surface area contributed by atoms with Gasteiger partial charge < -0.3 is 10.6 Å². The first-order valence-electron chi connectivity index (χ1n) is 9.16. The van der Waals surface area contributed by atoms with Crippen molar-refractivity contribution in [2.75, 3.05) is 26.7 Å². The third-order valence-corrected chi connectivity index (χ3v) is 5.30. The number of hydrogen-bond donors (Lipinski definition) is 2. The van der Waals surface area contributed by atoms with Gasteiger partial charge in [-0.05, 0) is 31.8 Å². The quantitative estimate of drug-likeness (QED) is 0.501. The van der Waals surface area contributed by atoms with Gasteiger partial charge in [0.15, 0.2) is 5.96 Å². The summed E-state index contributed by atoms with van der Waals surface area (Å²) in [6.07, 6.45) is 4.21. The Morgan fingerprint density at radius 2 is 1.96 bits per heavy atom. The first-order valence-corrected chi connectivity index (χ1v) is 9.97. The summed E-state index contributed by atoms with van der Waals surface area (Å²) >= 11 is 1.77. The van der Waals surface area contributed by atoms with Crippen molar-refractivity contribution in [3.8, 4) is 0 Å². The minimum Gasteiger partial charge on any atom is -0.355 e. The largest absolute Gasteiger partial charge is 0.355 e. The lowest BCUT2D eigenvalue weighted by Crippen LogP contribution is -2.47. The van der Waals surface area contributed by atoms with Crippen molar-refractivity contribution in [2.45, 2.75) is 60.0 Å². The maximum atomic E-state index is 4.45. The molecule has 0 amide bonds. The van der Waals surface area contributed by atoms with Gasteiger partial charge in [0.25, 0.3) is 0 Å². The van der Waals surface area contributed by atoms with Crippen LogP contribution in [0.2, 0.25) is 0 Å². The van der Waals surface area contributed by atoms with E-state index in [0.717, 1.165) is 43.6 Å². The van der Waals surface area contributed by atoms with E-state index in [2.05, 4.69) is 60.1 Å². The van der Waals surface area contributed by atoms with E-state index in [0.29, 0.717) is 12.0 Å². The number of nitrogens with zero attached hydrogens (tertiary/aromatic N) is 3. The summed E-state index contributed by atoms with van der Waals surface area (Å²) in [4.78, 5) is 12.6. The molecule has 1 atom stereocenters. The lowest BCUT2D eigenvalue weighted by atomic mass is 10.0. The van der Waals surface area contributed by atoms with Gasteiger partial charge in [-0.2, -0.15) is 0 Å². The van der Waals surface area contributed by atoms with Crippen LogP contribution >= 0.6 is 11.3 Å². The fourth-order valence-corrected chi connectivity index (χ4v) is 3.64. The number of guanidine groups is 1. The fourth-order valence-electron chi connectivity index (χ4n) is 2.83. The minimum absolute atomic E-state index is 0.533. The van der Waals surface area contributed by atoms with Crippen molar-refractivity contribution < 1.29 is 0 Å². The minimum atomic E-state index is 0.533. The molecule has 0 aliphatic heterocycles. The summed E-state index contributed by atoms with van der Waals surface area (Å²) in [5.74, 6) is 1.54. The van der Waals surface area contributed by atoms with Crippen molar-refractivity contribution in [2.24, 2.45) is 10.9 Å². The molecule has 24 heavy (non-hydrogen) atoms. The molecule has 5 nitrogen and oxygen atoms in total. The van der Waals surface area contributed by atoms with E-state index in [4.69, 9.17) is 0 Å². The summed E-state index contributed by atoms with van der Waals surface area (Å²) in [5.41, 5.74) is 0. The molecule has 0 aromatic carbocycles. The van der Waals surface area contributed by atoms with Crippen molar-refractivity contribution in [3.63, 3.8) is 0 Å². The van der Waals surface area contributed by atoms with E-state index in [1.54, 1.807) is 11.3 Å². The highest BCUT2D eigenvalue weighted by atomic mass is 32.1. The van der Waals surface area contributed by atoms with Crippen molar-refractivity contribution in [1.29, 1.82) is 0 Å². The summed E-state index contributed by atoms with van der Waals surface area (Å²) in [6.45, 7) is 15.0. The van der Waals surface area contributed by atoms with Crippen LogP contribution in [0.15, 0.2) is 11.2 Å². The Labute approximate surface area is 152 Å². The van der Waals surface area contributed by atoms with E-state index in [9.17, 15) is 0 Å². The standard InChI is InChI=1S/C18H35N5S/c1-7-16-12-20-17(24-16)13-22-18(19-6)21-11-15(10-14(4)5)23(8-2)9-3/h12,14-15H,7-11,13H2,1-6H3,(H2,19,21,22). The molecule has 0 radical (unpaired) electrons. The summed E-state index contributed by atoms with van der Waals surface area (Å²) in [7, 11) is 1.82. The Balaban J connectivity index is 2.52. The van der Waals surface area contributed by atoms with Crippen LogP contribution in [0, 0.1) is 5.92 Å². The zero-order valence-electron chi connectivity index (χ0n) is 16.2. The third kappa shape index (κ3) is 7.18. The second-order valence-electron chi connectivity index (χ2n) is 6.39. The van der Waals surface area contributed by atoms with Gasteiger partial charge in [-0.25, -0.2) is 4.98 Å². The van der Waals surface area contributed by atoms with E-state index in [1.807, 2.05) is 13.2 Å². The molecule has 0 fully saturated rings. The Hall–Kier alpha value is -1.14. The number of hydrogen-bond acceptors (Lipinski definition) is 4. The predicted molar refractivity (Wildman–Crippen MR) is 106 cm³/mol. The second-order valence-corrected chi connectivity index (χ2v) is 7.58. The van der Waals surface area contributed by atoms with Gasteiger partial charge in [0.2, 0.25) is 0 Å². The van der Waals surface area contributed by atoms with Gasteiger partial charge >= 0.3 is 0 Å². The number of aromatic nitrogens is 1. The molecule has 0 spiro atoms. The number of aryl methyl sites for hydroxylation is 1. The van der Waals surface area contributed by atoms with Gasteiger partial charge in [-0.1, -0.05) is 34.6 Å². The highest BCUT2D eigenvalue weighted by molar-refractivity contribution is 7.11. The maximum Gasteiger partial charge on any atom is 0.191 e. The molecule has 0 bridgehead atoms. The van der Waals surface area contributed by atoms with Crippen molar-refractivity contribution >= 4 is 17.3 Å². The van der Waals surface area contributed by atoms with E-state index >= 15 is 0 Å². The highest BCUT2D eigenvalue weighted by Crippen LogP contribution is 2.13. The molecular weight excluding hydrogens is 318 g/mol. The first kappa shape index (κ1) is 20.9. The highest BCUT2D eigenvalue weighted by Gasteiger charge is 2.17. The zero-order valence-corrected chi connectivity index (χ0v) is 17.0. The molecule has 1 heterocycles. The van der Waals surface area contributed by atoms with Crippen LogP contribution in [0.1, 0.15) is 50.9 Å². The normalized spacial score (nSPS) is 13.6. The predicted octanol–water partition coefficient (Wildman–Crippen LogP) is 3.13. The lowest BCUT2D eigenvalue weighted by molar-refractivity contribution is 0.191. The monoisotopic (exact) mass is 353 g/mol. The van der Waals surface area contributed by atoms with Gasteiger partial charge in [0.05, 0.1) is 6.54 Å². The molecule has 0 saturated carbocycles. The molecule has 1 unspecified atom stereocenters. The Bertz CT molecular complexity index is 480. The Morgan fingerprint density at radius 3 is 2.46 bits per heavy atom. The molecule has 138 valence electrons. The number of rotatable bonds is 10. The first-order chi connectivity index (χ1) is 11.5. The Kier molecular flexibility index (Phi) is 9.95. The number of likely N-dealkylation sites (N-methyl/N-ethyl adjacent to an activating group) is 1. The van der Waals surface area contributed by atoms with Crippen molar-refractivity contribution in [1.82, 2.24) is 20.5 Å². The molecule has 0 aliphatic rings. The Morgan fingerprint density at radius 1 is 1.25 bits per heavy atom. The SMILES string of the molecule is CCc1cnc(CNC(=NC)NCC(CC(C)C)N(CC)CC)s1. The van der Waals surface area contributed by atoms with Gasteiger partial charge in [0.1, 0.15) is 5.01 Å². The molecule has 1 aromatic heterocycles. The van der Waals surface area contributed by atoms with Crippen LogP contribution in [0.3, 0.4) is 0 Å². The maximum absolute atomic E-state index is 4.45. The van der Waals surface area contributed by atoms with Crippen LogP contribution in [0.25, 0.3) is 0 Å². The molecule has 0 saturated heterocycles. The molecule has 0 aliphatic carbocycles. The molecule has 2 N–H and O–H groups in total. The topological polar surface area (TPSA) is 52.6 Å². The average Bonchev–Trinajstić information content (AvgIpc) is 3.03. The van der Waals surface area contributed by atoms with Crippen LogP contribution in [0.4, 0.5) is 0 Å². The number of thiazole rings is 1. The average molecular weight is 354 g/mol. The number of aliphatic imine (C=N–C) groups is 1. The van der Waals surface area contributed by atoms with Crippen LogP contribution in [-0.2, 0) is 13.0 Å². The van der Waals surface area contributed by atoms with Crippen LogP contribution in [-0.4, -0.2) is 48.6 Å². The summed E-state index contributed by atoms with van der Waals surface area (Å²) in [5, 5.41) is 7.97. The smallest absolute Gasteiger partial charge is 0.191 e. The summed E-state index contributed by atoms with van der Waals surface area (Å²) in [6, 6.07) is 0.533. The van der Waals surface area contributed by atoms with Gasteiger partial charge in [-0.3, -0.25) is 9.89 Å². The zero-order chi connectivity index (χ0) is 17.9. The van der Waals surface area contributed by atoms with E-state index in [1.165, 1.54) is 11.3 Å². The van der Waals surface area contributed by atoms with Gasteiger partial charge in [-0.15, -0.1) is 11.3 Å². The van der Waals surface area contributed by atoms with Gasteiger partial charge in [0, 0.05) is 30.7 Å². The molecule has 1 rings (SSSR count). The van der Waals surface area contributed by atoms with Crippen molar-refractivity contribution in [3.05, 3.63) is 16.1 Å². The number of nitrogens with one attached hydrogen (secondary N) is 2. The molecule has 1 aromatic rings. The molecular formula is C18H35N5S. The molecule has 6 heteroatoms. The van der Waals surface area contributed by atoms with Crippen LogP contribution < -0.4 is 10.6 Å². The third-order valence-electron chi connectivity index (χ3n) is 4.16. The summed E-state index contributed by atoms with van der Waals surface area (Å²) < 4.78 is 0. The van der Waals surface area contributed by atoms with E-state index in [-0.39, 0.29) is 0 Å². The van der Waals surface area contributed by atoms with E-state index < -0.39 is 0 Å². The fraction of sp³-hybridized carbons (Fsp3) is 0.778. The van der Waals surface area contributed by atoms with Crippen LogP contribution in [0.5, 0.6) is 0 Å². The lowest BCUT2D eigenvalue weighted by Gasteiger charge is -2.31.